The molecule has 0 radical (unpaired) electrons. The zero-order chi connectivity index (χ0) is 24.3. The molecule has 1 aromatic carbocycles. The van der Waals surface area contributed by atoms with Crippen LogP contribution in [-0.4, -0.2) is 52.4 Å². The number of hydrogen-bond donors (Lipinski definition) is 2. The van der Waals surface area contributed by atoms with Crippen LogP contribution in [-0.2, 0) is 19.1 Å². The molecule has 7 heteroatoms. The Morgan fingerprint density at radius 2 is 1.88 bits per heavy atom. The van der Waals surface area contributed by atoms with Gasteiger partial charge < -0.3 is 19.7 Å². The first-order valence-electron chi connectivity index (χ1n) is 12.1. The summed E-state index contributed by atoms with van der Waals surface area (Å²) in [5, 5.41) is 23.8. The molecule has 2 N–H and O–H groups in total. The van der Waals surface area contributed by atoms with E-state index in [2.05, 4.69) is 6.58 Å². The Balaban J connectivity index is 1.55. The van der Waals surface area contributed by atoms with E-state index in [4.69, 9.17) is 9.47 Å². The number of ether oxygens (including phenoxy) is 2. The molecule has 6 fully saturated rings. The standard InChI is InChI=1S/C27H30O7/c1-14-16-9-10-17-25-13-33-27(32,21(30)19(25)24(2,3)12-11-18(25)28)26(17,20(14)29)22(16)34-23(31)15-7-5-4-6-8-15/h4-8,16-17,19,21-22,30,32H,1,9-13H2,2-3H3/t16-,17-,19+,21-,22+,25+,26-,27-/m0/s1. The topological polar surface area (TPSA) is 110 Å². The van der Waals surface area contributed by atoms with E-state index in [9.17, 15) is 24.6 Å². The number of aliphatic hydroxyl groups excluding tert-OH is 1. The Morgan fingerprint density at radius 3 is 2.59 bits per heavy atom. The van der Waals surface area contributed by atoms with Crippen molar-refractivity contribution in [3.63, 3.8) is 0 Å². The van der Waals surface area contributed by atoms with Gasteiger partial charge >= 0.3 is 5.97 Å². The Bertz CT molecular complexity index is 1130. The number of carbonyl (C=O) groups is 3. The minimum atomic E-state index is -2.28. The van der Waals surface area contributed by atoms with Crippen molar-refractivity contribution in [1.29, 1.82) is 0 Å². The van der Waals surface area contributed by atoms with Crippen LogP contribution in [0.1, 0.15) is 49.9 Å². The summed E-state index contributed by atoms with van der Waals surface area (Å²) in [5.74, 6) is -5.09. The average molecular weight is 467 g/mol. The Hall–Kier alpha value is -2.35. The van der Waals surface area contributed by atoms with Crippen LogP contribution in [0.15, 0.2) is 42.5 Å². The highest BCUT2D eigenvalue weighted by atomic mass is 16.6. The molecule has 0 amide bonds. The fraction of sp³-hybridized carbons (Fsp3) is 0.593. The maximum Gasteiger partial charge on any atom is 0.338 e. The largest absolute Gasteiger partial charge is 0.457 e. The normalized spacial score (nSPS) is 46.1. The first kappa shape index (κ1) is 22.1. The SMILES string of the molecule is C=C1C(=O)[C@]23[C@H](OC(=O)c4ccccc4)[C@H]1CC[C@H]2[C@@]12CO[C@@]3(O)[C@@H](O)[C@@H]1C(C)(C)CCC2=O. The number of Topliss-reactive ketones (excluding diaryl/α,β-unsaturated/α-hetero) is 2. The summed E-state index contributed by atoms with van der Waals surface area (Å²) in [6.07, 6.45) is -0.653. The molecule has 4 aliphatic carbocycles. The first-order chi connectivity index (χ1) is 16.0. The van der Waals surface area contributed by atoms with Gasteiger partial charge in [-0.3, -0.25) is 9.59 Å². The van der Waals surface area contributed by atoms with E-state index < -0.39 is 63.7 Å². The molecule has 2 saturated heterocycles. The number of carbonyl (C=O) groups excluding carboxylic acids is 3. The van der Waals surface area contributed by atoms with E-state index in [1.165, 1.54) is 0 Å². The van der Waals surface area contributed by atoms with Gasteiger partial charge in [-0.05, 0) is 48.3 Å². The summed E-state index contributed by atoms with van der Waals surface area (Å²) < 4.78 is 12.0. The summed E-state index contributed by atoms with van der Waals surface area (Å²) in [5.41, 5.74) is -2.76. The number of fused-ring (bicyclic) bond motifs is 2. The molecule has 7 nitrogen and oxygen atoms in total. The second-order valence-electron chi connectivity index (χ2n) is 11.5. The number of ketones is 2. The molecule has 2 heterocycles. The zero-order valence-corrected chi connectivity index (χ0v) is 19.5. The third kappa shape index (κ3) is 2.22. The van der Waals surface area contributed by atoms with Crippen LogP contribution >= 0.6 is 0 Å². The molecular weight excluding hydrogens is 436 g/mol. The number of esters is 1. The van der Waals surface area contributed by atoms with Gasteiger partial charge in [0.05, 0.1) is 17.6 Å². The predicted octanol–water partition coefficient (Wildman–Crippen LogP) is 2.45. The molecule has 8 atom stereocenters. The molecule has 2 spiro atoms. The van der Waals surface area contributed by atoms with Crippen molar-refractivity contribution in [3.8, 4) is 0 Å². The fourth-order valence-corrected chi connectivity index (χ4v) is 8.52. The van der Waals surface area contributed by atoms with Crippen molar-refractivity contribution in [2.75, 3.05) is 6.61 Å². The van der Waals surface area contributed by atoms with Crippen molar-refractivity contribution < 1.29 is 34.1 Å². The van der Waals surface area contributed by atoms with Crippen LogP contribution in [0.4, 0.5) is 0 Å². The molecule has 0 unspecified atom stereocenters. The van der Waals surface area contributed by atoms with E-state index in [1.807, 2.05) is 13.8 Å². The maximum absolute atomic E-state index is 14.0. The van der Waals surface area contributed by atoms with Crippen molar-refractivity contribution in [2.45, 2.75) is 57.5 Å². The molecule has 180 valence electrons. The lowest BCUT2D eigenvalue weighted by Crippen LogP contribution is -2.85. The van der Waals surface area contributed by atoms with Gasteiger partial charge in [0.2, 0.25) is 5.79 Å². The molecule has 4 bridgehead atoms. The van der Waals surface area contributed by atoms with Crippen molar-refractivity contribution in [3.05, 3.63) is 48.0 Å². The molecule has 2 aliphatic heterocycles. The highest BCUT2D eigenvalue weighted by molar-refractivity contribution is 6.06. The maximum atomic E-state index is 14.0. The minimum absolute atomic E-state index is 0.0427. The minimum Gasteiger partial charge on any atom is -0.457 e. The summed E-state index contributed by atoms with van der Waals surface area (Å²) in [6.45, 7) is 7.96. The van der Waals surface area contributed by atoms with Crippen LogP contribution in [0.25, 0.3) is 0 Å². The second-order valence-corrected chi connectivity index (χ2v) is 11.5. The highest BCUT2D eigenvalue weighted by Crippen LogP contribution is 2.76. The van der Waals surface area contributed by atoms with Crippen LogP contribution in [0.3, 0.4) is 0 Å². The lowest BCUT2D eigenvalue weighted by Gasteiger charge is -2.72. The smallest absolute Gasteiger partial charge is 0.338 e. The Morgan fingerprint density at radius 1 is 1.18 bits per heavy atom. The summed E-state index contributed by atoms with van der Waals surface area (Å²) in [6, 6.07) is 8.45. The van der Waals surface area contributed by atoms with E-state index >= 15 is 0 Å². The lowest BCUT2D eigenvalue weighted by atomic mass is 9.36. The molecule has 4 saturated carbocycles. The Kier molecular flexibility index (Phi) is 4.33. The highest BCUT2D eigenvalue weighted by Gasteiger charge is 2.88. The zero-order valence-electron chi connectivity index (χ0n) is 19.5. The summed E-state index contributed by atoms with van der Waals surface area (Å²) >= 11 is 0. The van der Waals surface area contributed by atoms with Crippen LogP contribution in [0.2, 0.25) is 0 Å². The quantitative estimate of drug-likeness (QED) is 0.509. The van der Waals surface area contributed by atoms with Gasteiger partial charge in [-0.1, -0.05) is 38.6 Å². The van der Waals surface area contributed by atoms with Gasteiger partial charge in [-0.25, -0.2) is 4.79 Å². The van der Waals surface area contributed by atoms with Gasteiger partial charge in [0, 0.05) is 18.3 Å². The predicted molar refractivity (Wildman–Crippen MR) is 119 cm³/mol. The number of rotatable bonds is 2. The Labute approximate surface area is 198 Å². The van der Waals surface area contributed by atoms with Gasteiger partial charge in [-0.2, -0.15) is 0 Å². The number of hydrogen-bond acceptors (Lipinski definition) is 7. The molecule has 7 rings (SSSR count). The molecular formula is C27H30O7. The van der Waals surface area contributed by atoms with E-state index in [0.29, 0.717) is 31.2 Å². The van der Waals surface area contributed by atoms with Crippen molar-refractivity contribution in [1.82, 2.24) is 0 Å². The summed E-state index contributed by atoms with van der Waals surface area (Å²) in [4.78, 5) is 40.8. The second kappa shape index (κ2) is 6.65. The van der Waals surface area contributed by atoms with Gasteiger partial charge in [0.1, 0.15) is 23.4 Å². The number of aliphatic hydroxyl groups is 2. The fourth-order valence-electron chi connectivity index (χ4n) is 8.52. The average Bonchev–Trinajstić information content (AvgIpc) is 2.93. The third-order valence-electron chi connectivity index (χ3n) is 9.86. The van der Waals surface area contributed by atoms with Crippen LogP contribution in [0, 0.1) is 34.0 Å². The van der Waals surface area contributed by atoms with Crippen LogP contribution in [0.5, 0.6) is 0 Å². The molecule has 0 aromatic heterocycles. The van der Waals surface area contributed by atoms with E-state index in [1.54, 1.807) is 30.3 Å². The molecule has 6 aliphatic rings. The van der Waals surface area contributed by atoms with Gasteiger partial charge in [0.25, 0.3) is 0 Å². The van der Waals surface area contributed by atoms with Crippen molar-refractivity contribution >= 4 is 17.5 Å². The summed E-state index contributed by atoms with van der Waals surface area (Å²) in [7, 11) is 0. The van der Waals surface area contributed by atoms with Crippen molar-refractivity contribution in [2.24, 2.45) is 34.0 Å². The van der Waals surface area contributed by atoms with Gasteiger partial charge in [0.15, 0.2) is 5.78 Å². The van der Waals surface area contributed by atoms with Crippen LogP contribution < -0.4 is 0 Å². The number of benzene rings is 1. The lowest BCUT2D eigenvalue weighted by molar-refractivity contribution is -0.436. The molecule has 34 heavy (non-hydrogen) atoms. The van der Waals surface area contributed by atoms with E-state index in [0.717, 1.165) is 0 Å². The van der Waals surface area contributed by atoms with Gasteiger partial charge in [-0.15, -0.1) is 0 Å². The third-order valence-corrected chi connectivity index (χ3v) is 9.86. The van der Waals surface area contributed by atoms with E-state index in [-0.39, 0.29) is 18.0 Å². The monoisotopic (exact) mass is 466 g/mol. The first-order valence-corrected chi connectivity index (χ1v) is 12.1. The molecule has 1 aromatic rings.